The van der Waals surface area contributed by atoms with Gasteiger partial charge in [0.15, 0.2) is 0 Å². The Balaban J connectivity index is 1.84. The first-order valence-corrected chi connectivity index (χ1v) is 10.6. The van der Waals surface area contributed by atoms with Crippen molar-refractivity contribution in [3.05, 3.63) is 96.3 Å². The van der Waals surface area contributed by atoms with E-state index in [9.17, 15) is 12.8 Å². The van der Waals surface area contributed by atoms with Crippen molar-refractivity contribution in [2.24, 2.45) is 0 Å². The van der Waals surface area contributed by atoms with E-state index in [-0.39, 0.29) is 17.3 Å². The predicted molar refractivity (Wildman–Crippen MR) is 108 cm³/mol. The molecule has 0 aliphatic rings. The molecule has 0 aliphatic heterocycles. The van der Waals surface area contributed by atoms with Crippen LogP contribution in [0.15, 0.2) is 89.8 Å². The molecule has 6 heteroatoms. The van der Waals surface area contributed by atoms with Crippen LogP contribution >= 0.6 is 11.3 Å². The third kappa shape index (κ3) is 3.59. The number of halogens is 1. The number of hydrogen-bond acceptors (Lipinski definition) is 3. The number of anilines is 1. The quantitative estimate of drug-likeness (QED) is 0.450. The molecular weight excluding hydrogens is 381 g/mol. The first kappa shape index (κ1) is 17.7. The van der Waals surface area contributed by atoms with Gasteiger partial charge in [0, 0.05) is 4.70 Å². The second-order valence-electron chi connectivity index (χ2n) is 6.08. The van der Waals surface area contributed by atoms with Crippen LogP contribution in [0.5, 0.6) is 0 Å². The molecule has 0 radical (unpaired) electrons. The predicted octanol–water partition coefficient (Wildman–Crippen LogP) is 5.44. The molecule has 136 valence electrons. The molecule has 0 N–H and O–H groups in total. The average molecular weight is 397 g/mol. The van der Waals surface area contributed by atoms with Gasteiger partial charge in [-0.05, 0) is 47.3 Å². The molecule has 3 aromatic carbocycles. The molecule has 1 aromatic heterocycles. The molecule has 0 spiro atoms. The van der Waals surface area contributed by atoms with Crippen LogP contribution in [-0.2, 0) is 16.6 Å². The molecular formula is C21H16FNO2S2. The van der Waals surface area contributed by atoms with Crippen LogP contribution in [0.25, 0.3) is 10.1 Å². The van der Waals surface area contributed by atoms with E-state index in [0.717, 1.165) is 10.1 Å². The first-order chi connectivity index (χ1) is 13.0. The summed E-state index contributed by atoms with van der Waals surface area (Å²) in [5.74, 6) is -0.388. The molecule has 0 atom stereocenters. The highest BCUT2D eigenvalue weighted by Gasteiger charge is 2.26. The highest BCUT2D eigenvalue weighted by molar-refractivity contribution is 7.93. The number of sulfonamides is 1. The van der Waals surface area contributed by atoms with E-state index >= 15 is 0 Å². The molecule has 4 rings (SSSR count). The van der Waals surface area contributed by atoms with Crippen LogP contribution in [0.3, 0.4) is 0 Å². The average Bonchev–Trinajstić information content (AvgIpc) is 3.10. The summed E-state index contributed by atoms with van der Waals surface area (Å²) in [7, 11) is -3.79. The van der Waals surface area contributed by atoms with Gasteiger partial charge < -0.3 is 0 Å². The fraction of sp³-hybridized carbons (Fsp3) is 0.0476. The van der Waals surface area contributed by atoms with Crippen LogP contribution in [0.2, 0.25) is 0 Å². The maximum absolute atomic E-state index is 13.6. The molecule has 0 saturated heterocycles. The molecule has 0 unspecified atom stereocenters. The highest BCUT2D eigenvalue weighted by Crippen LogP contribution is 2.36. The Morgan fingerprint density at radius 2 is 1.59 bits per heavy atom. The highest BCUT2D eigenvalue weighted by atomic mass is 32.2. The van der Waals surface area contributed by atoms with E-state index in [1.54, 1.807) is 42.5 Å². The van der Waals surface area contributed by atoms with Gasteiger partial charge in [-0.25, -0.2) is 12.8 Å². The van der Waals surface area contributed by atoms with Crippen molar-refractivity contribution in [3.63, 3.8) is 0 Å². The molecule has 1 heterocycles. The minimum Gasteiger partial charge on any atom is -0.253 e. The largest absolute Gasteiger partial charge is 0.265 e. The number of fused-ring (bicyclic) bond motifs is 1. The standard InChI is InChI=1S/C21H16FNO2S2/c22-18-9-6-7-16(13-18)15-23(27(24,25)19-10-2-1-3-11-19)21-14-17-8-4-5-12-20(17)26-21/h1-14H,15H2. The summed E-state index contributed by atoms with van der Waals surface area (Å²) in [6.07, 6.45) is 0. The van der Waals surface area contributed by atoms with Gasteiger partial charge in [-0.3, -0.25) is 4.31 Å². The monoisotopic (exact) mass is 397 g/mol. The van der Waals surface area contributed by atoms with Gasteiger partial charge in [0.25, 0.3) is 10.0 Å². The zero-order valence-electron chi connectivity index (χ0n) is 14.2. The lowest BCUT2D eigenvalue weighted by Gasteiger charge is -2.23. The minimum absolute atomic E-state index is 0.0574. The van der Waals surface area contributed by atoms with Gasteiger partial charge in [-0.2, -0.15) is 0 Å². The second-order valence-corrected chi connectivity index (χ2v) is 9.00. The maximum Gasteiger partial charge on any atom is 0.265 e. The Hall–Kier alpha value is -2.70. The number of rotatable bonds is 5. The van der Waals surface area contributed by atoms with Crippen molar-refractivity contribution in [1.29, 1.82) is 0 Å². The number of hydrogen-bond donors (Lipinski definition) is 0. The van der Waals surface area contributed by atoms with Crippen LogP contribution in [0.4, 0.5) is 9.39 Å². The Morgan fingerprint density at radius 3 is 2.33 bits per heavy atom. The normalized spacial score (nSPS) is 11.6. The van der Waals surface area contributed by atoms with Crippen LogP contribution < -0.4 is 4.31 Å². The molecule has 27 heavy (non-hydrogen) atoms. The fourth-order valence-electron chi connectivity index (χ4n) is 2.89. The maximum atomic E-state index is 13.6. The number of benzene rings is 3. The third-order valence-corrected chi connectivity index (χ3v) is 7.23. The van der Waals surface area contributed by atoms with Gasteiger partial charge in [0.1, 0.15) is 10.8 Å². The van der Waals surface area contributed by atoms with Crippen LogP contribution in [0, 0.1) is 5.82 Å². The third-order valence-electron chi connectivity index (χ3n) is 4.20. The van der Waals surface area contributed by atoms with Gasteiger partial charge in [0.2, 0.25) is 0 Å². The summed E-state index contributed by atoms with van der Waals surface area (Å²) < 4.78 is 42.7. The molecule has 0 bridgehead atoms. The summed E-state index contributed by atoms with van der Waals surface area (Å²) in [4.78, 5) is 0.207. The lowest BCUT2D eigenvalue weighted by Crippen LogP contribution is -2.29. The second kappa shape index (κ2) is 7.13. The lowest BCUT2D eigenvalue weighted by atomic mass is 10.2. The van der Waals surface area contributed by atoms with Crippen molar-refractivity contribution in [2.45, 2.75) is 11.4 Å². The zero-order chi connectivity index (χ0) is 18.9. The van der Waals surface area contributed by atoms with E-state index in [0.29, 0.717) is 10.6 Å². The summed E-state index contributed by atoms with van der Waals surface area (Å²) >= 11 is 1.40. The molecule has 0 saturated carbocycles. The van der Waals surface area contributed by atoms with Gasteiger partial charge in [0.05, 0.1) is 11.4 Å². The number of thiophene rings is 1. The van der Waals surface area contributed by atoms with Crippen molar-refractivity contribution < 1.29 is 12.8 Å². The van der Waals surface area contributed by atoms with E-state index in [1.165, 1.54) is 27.8 Å². The lowest BCUT2D eigenvalue weighted by molar-refractivity contribution is 0.590. The van der Waals surface area contributed by atoms with E-state index in [1.807, 2.05) is 30.3 Å². The molecule has 0 amide bonds. The minimum atomic E-state index is -3.79. The van der Waals surface area contributed by atoms with Gasteiger partial charge >= 0.3 is 0 Å². The summed E-state index contributed by atoms with van der Waals surface area (Å²) in [5, 5.41) is 1.58. The smallest absolute Gasteiger partial charge is 0.253 e. The van der Waals surface area contributed by atoms with Crippen LogP contribution in [-0.4, -0.2) is 8.42 Å². The summed E-state index contributed by atoms with van der Waals surface area (Å²) in [6.45, 7) is 0.0574. The van der Waals surface area contributed by atoms with E-state index in [4.69, 9.17) is 0 Å². The van der Waals surface area contributed by atoms with Crippen molar-refractivity contribution >= 4 is 36.4 Å². The fourth-order valence-corrected chi connectivity index (χ4v) is 5.63. The van der Waals surface area contributed by atoms with E-state index in [2.05, 4.69) is 0 Å². The van der Waals surface area contributed by atoms with Gasteiger partial charge in [-0.15, -0.1) is 11.3 Å². The Morgan fingerprint density at radius 1 is 0.852 bits per heavy atom. The topological polar surface area (TPSA) is 37.4 Å². The van der Waals surface area contributed by atoms with Crippen LogP contribution in [0.1, 0.15) is 5.56 Å². The summed E-state index contributed by atoms with van der Waals surface area (Å²) in [5.41, 5.74) is 0.590. The molecule has 3 nitrogen and oxygen atoms in total. The summed E-state index contributed by atoms with van der Waals surface area (Å²) in [6, 6.07) is 23.9. The SMILES string of the molecule is O=S(=O)(c1ccccc1)N(Cc1cccc(F)c1)c1cc2ccccc2s1. The first-order valence-electron chi connectivity index (χ1n) is 8.35. The van der Waals surface area contributed by atoms with Crippen molar-refractivity contribution in [1.82, 2.24) is 0 Å². The molecule has 0 fully saturated rings. The molecule has 0 aliphatic carbocycles. The Labute approximate surface area is 161 Å². The zero-order valence-corrected chi connectivity index (χ0v) is 15.9. The van der Waals surface area contributed by atoms with Gasteiger partial charge in [-0.1, -0.05) is 48.5 Å². The number of nitrogens with zero attached hydrogens (tertiary/aromatic N) is 1. The Kier molecular flexibility index (Phi) is 4.68. The molecule has 4 aromatic rings. The Bertz CT molecular complexity index is 1150. The van der Waals surface area contributed by atoms with Crippen molar-refractivity contribution in [3.8, 4) is 0 Å². The van der Waals surface area contributed by atoms with Crippen molar-refractivity contribution in [2.75, 3.05) is 4.31 Å². The van der Waals surface area contributed by atoms with E-state index < -0.39 is 10.0 Å².